The lowest BCUT2D eigenvalue weighted by atomic mass is 9.73. The topological polar surface area (TPSA) is 69.6 Å². The minimum Gasteiger partial charge on any atom is -0.479 e. The molecule has 5 heteroatoms. The van der Waals surface area contributed by atoms with Crippen LogP contribution in [0.4, 0.5) is 4.79 Å². The van der Waals surface area contributed by atoms with E-state index < -0.39 is 11.5 Å². The van der Waals surface area contributed by atoms with Crippen LogP contribution in [0.1, 0.15) is 32.6 Å². The molecule has 1 fully saturated rings. The van der Waals surface area contributed by atoms with Crippen molar-refractivity contribution in [2.24, 2.45) is 5.92 Å². The summed E-state index contributed by atoms with van der Waals surface area (Å²) >= 11 is 0. The standard InChI is InChI=1S/C11H20N2O3/c1-8-6-4-5-7-11(8,9(14)15)12-10(16)13(2)3/h8H,4-7H2,1-3H3,(H,12,16)(H,14,15). The summed E-state index contributed by atoms with van der Waals surface area (Å²) in [6.45, 7) is 1.89. The molecule has 0 spiro atoms. The number of carbonyl (C=O) groups excluding carboxylic acids is 1. The first-order valence-corrected chi connectivity index (χ1v) is 5.63. The molecule has 1 aliphatic carbocycles. The molecular weight excluding hydrogens is 208 g/mol. The number of urea groups is 1. The third kappa shape index (κ3) is 2.28. The van der Waals surface area contributed by atoms with Gasteiger partial charge in [-0.2, -0.15) is 0 Å². The van der Waals surface area contributed by atoms with Crippen molar-refractivity contribution in [2.75, 3.05) is 14.1 Å². The van der Waals surface area contributed by atoms with E-state index >= 15 is 0 Å². The van der Waals surface area contributed by atoms with Gasteiger partial charge >= 0.3 is 12.0 Å². The Bertz CT molecular complexity index is 291. The van der Waals surface area contributed by atoms with Crippen molar-refractivity contribution >= 4 is 12.0 Å². The summed E-state index contributed by atoms with van der Waals surface area (Å²) in [6, 6.07) is -0.337. The molecule has 1 aliphatic rings. The minimum absolute atomic E-state index is 0.0253. The van der Waals surface area contributed by atoms with Gasteiger partial charge in [-0.3, -0.25) is 0 Å². The molecule has 1 rings (SSSR count). The van der Waals surface area contributed by atoms with Crippen molar-refractivity contribution in [2.45, 2.75) is 38.1 Å². The van der Waals surface area contributed by atoms with Crippen molar-refractivity contribution in [3.05, 3.63) is 0 Å². The van der Waals surface area contributed by atoms with Gasteiger partial charge in [-0.15, -0.1) is 0 Å². The van der Waals surface area contributed by atoms with E-state index in [0.717, 1.165) is 19.3 Å². The fourth-order valence-electron chi connectivity index (χ4n) is 2.21. The number of hydrogen-bond donors (Lipinski definition) is 2. The maximum absolute atomic E-state index is 11.6. The number of amides is 2. The van der Waals surface area contributed by atoms with Crippen LogP contribution >= 0.6 is 0 Å². The number of aliphatic carboxylic acids is 1. The van der Waals surface area contributed by atoms with Gasteiger partial charge < -0.3 is 15.3 Å². The maximum atomic E-state index is 11.6. The van der Waals surface area contributed by atoms with Crippen molar-refractivity contribution in [1.29, 1.82) is 0 Å². The SMILES string of the molecule is CC1CCCCC1(NC(=O)N(C)C)C(=O)O. The number of carbonyl (C=O) groups is 2. The molecule has 0 aromatic rings. The largest absolute Gasteiger partial charge is 0.479 e. The molecule has 2 amide bonds. The second kappa shape index (κ2) is 4.72. The highest BCUT2D eigenvalue weighted by Crippen LogP contribution is 2.34. The second-order valence-corrected chi connectivity index (χ2v) is 4.75. The van der Waals surface area contributed by atoms with Crippen molar-refractivity contribution in [1.82, 2.24) is 10.2 Å². The Morgan fingerprint density at radius 2 is 2.00 bits per heavy atom. The molecule has 0 saturated heterocycles. The predicted octanol–water partition coefficient (Wildman–Crippen LogP) is 1.29. The van der Waals surface area contributed by atoms with Gasteiger partial charge in [-0.25, -0.2) is 9.59 Å². The molecule has 2 unspecified atom stereocenters. The highest BCUT2D eigenvalue weighted by molar-refractivity contribution is 5.86. The van der Waals surface area contributed by atoms with Crippen LogP contribution in [0.3, 0.4) is 0 Å². The molecule has 2 N–H and O–H groups in total. The van der Waals surface area contributed by atoms with E-state index in [0.29, 0.717) is 6.42 Å². The molecule has 5 nitrogen and oxygen atoms in total. The number of hydrogen-bond acceptors (Lipinski definition) is 2. The Labute approximate surface area is 95.8 Å². The third-order valence-corrected chi connectivity index (χ3v) is 3.42. The second-order valence-electron chi connectivity index (χ2n) is 4.75. The highest BCUT2D eigenvalue weighted by Gasteiger charge is 2.46. The zero-order valence-electron chi connectivity index (χ0n) is 10.1. The summed E-state index contributed by atoms with van der Waals surface area (Å²) in [6.07, 6.45) is 3.25. The minimum atomic E-state index is -1.08. The van der Waals surface area contributed by atoms with Gasteiger partial charge in [0, 0.05) is 14.1 Å². The Morgan fingerprint density at radius 1 is 1.38 bits per heavy atom. The van der Waals surface area contributed by atoms with E-state index in [1.54, 1.807) is 14.1 Å². The molecule has 0 aliphatic heterocycles. The first-order valence-electron chi connectivity index (χ1n) is 5.63. The molecule has 0 aromatic carbocycles. The summed E-state index contributed by atoms with van der Waals surface area (Å²) in [5.41, 5.74) is -1.08. The monoisotopic (exact) mass is 228 g/mol. The van der Waals surface area contributed by atoms with E-state index in [1.165, 1.54) is 4.90 Å². The van der Waals surface area contributed by atoms with Gasteiger partial charge in [0.25, 0.3) is 0 Å². The van der Waals surface area contributed by atoms with Gasteiger partial charge in [0.05, 0.1) is 0 Å². The summed E-state index contributed by atoms with van der Waals surface area (Å²) in [4.78, 5) is 24.4. The van der Waals surface area contributed by atoms with Crippen molar-refractivity contribution in [3.63, 3.8) is 0 Å². The number of carboxylic acids is 1. The zero-order valence-corrected chi connectivity index (χ0v) is 10.1. The van der Waals surface area contributed by atoms with Crippen LogP contribution in [0.5, 0.6) is 0 Å². The Balaban J connectivity index is 2.87. The van der Waals surface area contributed by atoms with Crippen LogP contribution in [0, 0.1) is 5.92 Å². The van der Waals surface area contributed by atoms with Gasteiger partial charge in [0.2, 0.25) is 0 Å². The van der Waals surface area contributed by atoms with Gasteiger partial charge in [0.15, 0.2) is 0 Å². The van der Waals surface area contributed by atoms with Crippen molar-refractivity contribution < 1.29 is 14.7 Å². The molecule has 0 bridgehead atoms. The normalized spacial score (nSPS) is 29.6. The van der Waals surface area contributed by atoms with Crippen LogP contribution in [-0.2, 0) is 4.79 Å². The summed E-state index contributed by atoms with van der Waals surface area (Å²) in [5.74, 6) is -0.947. The summed E-state index contributed by atoms with van der Waals surface area (Å²) in [5, 5.41) is 12.0. The van der Waals surface area contributed by atoms with E-state index in [9.17, 15) is 14.7 Å². The van der Waals surface area contributed by atoms with Gasteiger partial charge in [0.1, 0.15) is 5.54 Å². The summed E-state index contributed by atoms with van der Waals surface area (Å²) < 4.78 is 0. The van der Waals surface area contributed by atoms with Crippen LogP contribution in [-0.4, -0.2) is 41.6 Å². The number of rotatable bonds is 2. The molecule has 0 aromatic heterocycles. The van der Waals surface area contributed by atoms with Crippen LogP contribution < -0.4 is 5.32 Å². The van der Waals surface area contributed by atoms with E-state index in [-0.39, 0.29) is 11.9 Å². The number of carboxylic acid groups (broad SMARTS) is 1. The first kappa shape index (κ1) is 12.8. The van der Waals surface area contributed by atoms with Crippen LogP contribution in [0.25, 0.3) is 0 Å². The first-order chi connectivity index (χ1) is 7.40. The average molecular weight is 228 g/mol. The maximum Gasteiger partial charge on any atom is 0.329 e. The summed E-state index contributed by atoms with van der Waals surface area (Å²) in [7, 11) is 3.22. The smallest absolute Gasteiger partial charge is 0.329 e. The van der Waals surface area contributed by atoms with Crippen LogP contribution in [0.2, 0.25) is 0 Å². The Hall–Kier alpha value is -1.26. The molecule has 0 heterocycles. The lowest BCUT2D eigenvalue weighted by Gasteiger charge is -2.40. The lowest BCUT2D eigenvalue weighted by Crippen LogP contribution is -2.61. The molecule has 16 heavy (non-hydrogen) atoms. The fraction of sp³-hybridized carbons (Fsp3) is 0.818. The molecule has 0 radical (unpaired) electrons. The van der Waals surface area contributed by atoms with E-state index in [1.807, 2.05) is 6.92 Å². The third-order valence-electron chi connectivity index (χ3n) is 3.42. The molecule has 92 valence electrons. The van der Waals surface area contributed by atoms with E-state index in [2.05, 4.69) is 5.32 Å². The Morgan fingerprint density at radius 3 is 2.44 bits per heavy atom. The van der Waals surface area contributed by atoms with Crippen LogP contribution in [0.15, 0.2) is 0 Å². The average Bonchev–Trinajstić information content (AvgIpc) is 2.20. The predicted molar refractivity (Wildman–Crippen MR) is 60.2 cm³/mol. The van der Waals surface area contributed by atoms with Gasteiger partial charge in [-0.05, 0) is 18.8 Å². The molecular formula is C11H20N2O3. The van der Waals surface area contributed by atoms with E-state index in [4.69, 9.17) is 0 Å². The fourth-order valence-corrected chi connectivity index (χ4v) is 2.21. The zero-order chi connectivity index (χ0) is 12.3. The van der Waals surface area contributed by atoms with Crippen molar-refractivity contribution in [3.8, 4) is 0 Å². The molecule has 1 saturated carbocycles. The van der Waals surface area contributed by atoms with Gasteiger partial charge in [-0.1, -0.05) is 19.8 Å². The molecule has 2 atom stereocenters. The highest BCUT2D eigenvalue weighted by atomic mass is 16.4. The number of nitrogens with zero attached hydrogens (tertiary/aromatic N) is 1. The number of nitrogens with one attached hydrogen (secondary N) is 1. The quantitative estimate of drug-likeness (QED) is 0.748. The Kier molecular flexibility index (Phi) is 3.78. The lowest BCUT2D eigenvalue weighted by molar-refractivity contribution is -0.148.